The van der Waals surface area contributed by atoms with Crippen LogP contribution in [0.4, 0.5) is 4.79 Å². The molecule has 6 rings (SSSR count). The van der Waals surface area contributed by atoms with E-state index in [0.717, 1.165) is 12.0 Å². The number of allylic oxidation sites excluding steroid dienone is 4. The lowest BCUT2D eigenvalue weighted by atomic mass is 9.46. The van der Waals surface area contributed by atoms with Gasteiger partial charge in [0.05, 0.1) is 18.3 Å². The number of Topliss-reactive ketones (excluding diaryl/α,β-unsaturated/α-hetero) is 1. The average molecular weight is 581 g/mol. The molecule has 1 aromatic rings. The molecule has 0 saturated heterocycles. The van der Waals surface area contributed by atoms with Gasteiger partial charge in [0.15, 0.2) is 29.5 Å². The first-order chi connectivity index (χ1) is 20.0. The Bertz CT molecular complexity index is 1400. The van der Waals surface area contributed by atoms with Crippen molar-refractivity contribution in [3.8, 4) is 11.5 Å². The van der Waals surface area contributed by atoms with Gasteiger partial charge in [0, 0.05) is 16.7 Å². The van der Waals surface area contributed by atoms with Gasteiger partial charge in [-0.2, -0.15) is 0 Å². The summed E-state index contributed by atoms with van der Waals surface area (Å²) in [5.41, 5.74) is -1.85. The van der Waals surface area contributed by atoms with Crippen LogP contribution in [-0.2, 0) is 23.8 Å². The van der Waals surface area contributed by atoms with Gasteiger partial charge in [-0.05, 0) is 81.2 Å². The quantitative estimate of drug-likeness (QED) is 0.485. The molecule has 0 bridgehead atoms. The first kappa shape index (κ1) is 28.5. The molecule has 1 N–H and O–H groups in total. The van der Waals surface area contributed by atoms with Crippen molar-refractivity contribution in [1.29, 1.82) is 0 Å². The van der Waals surface area contributed by atoms with E-state index in [-0.39, 0.29) is 55.3 Å². The van der Waals surface area contributed by atoms with Crippen molar-refractivity contribution >= 4 is 23.7 Å². The van der Waals surface area contributed by atoms with Gasteiger partial charge in [-0.3, -0.25) is 9.59 Å². The minimum Gasteiger partial charge on any atom is -0.454 e. The van der Waals surface area contributed by atoms with Gasteiger partial charge >= 0.3 is 12.1 Å². The summed E-state index contributed by atoms with van der Waals surface area (Å²) in [6, 6.07) is 4.61. The number of benzene rings is 1. The van der Waals surface area contributed by atoms with E-state index in [1.54, 1.807) is 25.1 Å². The number of carbonyl (C=O) groups excluding carboxylic acids is 4. The third-order valence-corrected chi connectivity index (χ3v) is 10.5. The first-order valence-corrected chi connectivity index (χ1v) is 14.6. The number of aliphatic hydroxyl groups excluding tert-OH is 1. The van der Waals surface area contributed by atoms with Gasteiger partial charge in [0.2, 0.25) is 12.6 Å². The number of aliphatic hydroxyl groups is 1. The van der Waals surface area contributed by atoms with Gasteiger partial charge < -0.3 is 28.8 Å². The van der Waals surface area contributed by atoms with Crippen molar-refractivity contribution in [3.05, 3.63) is 47.6 Å². The average Bonchev–Trinajstić information content (AvgIpc) is 3.54. The smallest absolute Gasteiger partial charge is 0.454 e. The van der Waals surface area contributed by atoms with E-state index in [9.17, 15) is 24.3 Å². The summed E-state index contributed by atoms with van der Waals surface area (Å²) < 4.78 is 27.1. The molecule has 5 aliphatic rings. The molecule has 1 unspecified atom stereocenters. The summed E-state index contributed by atoms with van der Waals surface area (Å²) in [6.45, 7) is 5.12. The summed E-state index contributed by atoms with van der Waals surface area (Å²) in [5.74, 6) is -0.588. The molecule has 0 amide bonds. The normalized spacial score (nSPS) is 35.8. The predicted octanol–water partition coefficient (Wildman–Crippen LogP) is 4.33. The lowest BCUT2D eigenvalue weighted by Crippen LogP contribution is -2.63. The van der Waals surface area contributed by atoms with Crippen LogP contribution >= 0.6 is 0 Å². The van der Waals surface area contributed by atoms with Crippen molar-refractivity contribution in [1.82, 2.24) is 0 Å². The van der Waals surface area contributed by atoms with Crippen LogP contribution in [0.25, 0.3) is 0 Å². The van der Waals surface area contributed by atoms with E-state index < -0.39 is 47.0 Å². The van der Waals surface area contributed by atoms with Crippen LogP contribution < -0.4 is 9.47 Å². The Kier molecular flexibility index (Phi) is 6.95. The zero-order valence-electron chi connectivity index (χ0n) is 24.1. The largest absolute Gasteiger partial charge is 0.509 e. The standard InChI is InChI=1S/C32H36O10/c1-4-38-29(37)42-32(26(35)16-39-28(36)18-5-8-24-25(13-18)41-17-40-24)12-10-22-21-7-6-19-14-20(33)9-11-30(19,2)27(21)23(34)15-31(22,32)3/h5,8-9,11,13-14,21-23,27,34H,4,6-7,10,12,15-17H2,1-3H3/t21-,22-,23?,27+,30-,31-,32-/m0/s1. The van der Waals surface area contributed by atoms with Crippen LogP contribution in [0.1, 0.15) is 63.2 Å². The zero-order valence-corrected chi connectivity index (χ0v) is 24.1. The number of ketones is 2. The van der Waals surface area contributed by atoms with Gasteiger partial charge in [-0.1, -0.05) is 25.5 Å². The summed E-state index contributed by atoms with van der Waals surface area (Å²) in [7, 11) is 0. The molecular formula is C32H36O10. The highest BCUT2D eigenvalue weighted by Gasteiger charge is 2.70. The summed E-state index contributed by atoms with van der Waals surface area (Å²) in [6.07, 6.45) is 5.85. The van der Waals surface area contributed by atoms with E-state index >= 15 is 0 Å². The molecule has 4 aliphatic carbocycles. The van der Waals surface area contributed by atoms with Crippen molar-refractivity contribution in [3.63, 3.8) is 0 Å². The van der Waals surface area contributed by atoms with Crippen molar-refractivity contribution in [2.75, 3.05) is 20.0 Å². The lowest BCUT2D eigenvalue weighted by Gasteiger charge is -2.59. The van der Waals surface area contributed by atoms with Crippen molar-refractivity contribution < 1.29 is 48.0 Å². The second-order valence-electron chi connectivity index (χ2n) is 12.4. The molecule has 3 saturated carbocycles. The molecule has 10 heteroatoms. The van der Waals surface area contributed by atoms with Crippen LogP contribution in [0.5, 0.6) is 11.5 Å². The van der Waals surface area contributed by atoms with Gasteiger partial charge in [-0.15, -0.1) is 0 Å². The van der Waals surface area contributed by atoms with Crippen LogP contribution in [0.3, 0.4) is 0 Å². The fourth-order valence-electron chi connectivity index (χ4n) is 8.64. The Morgan fingerprint density at radius 3 is 2.67 bits per heavy atom. The third-order valence-electron chi connectivity index (χ3n) is 10.5. The summed E-state index contributed by atoms with van der Waals surface area (Å²) >= 11 is 0. The monoisotopic (exact) mass is 580 g/mol. The maximum Gasteiger partial charge on any atom is 0.509 e. The van der Waals surface area contributed by atoms with E-state index in [0.29, 0.717) is 24.3 Å². The molecule has 10 nitrogen and oxygen atoms in total. The van der Waals surface area contributed by atoms with Gasteiger partial charge in [0.1, 0.15) is 0 Å². The number of ether oxygens (including phenoxy) is 5. The maximum absolute atomic E-state index is 14.1. The Hall–Kier alpha value is -3.66. The Morgan fingerprint density at radius 1 is 1.10 bits per heavy atom. The van der Waals surface area contributed by atoms with E-state index in [1.165, 1.54) is 12.1 Å². The number of hydrogen-bond donors (Lipinski definition) is 1. The van der Waals surface area contributed by atoms with Crippen LogP contribution in [-0.4, -0.2) is 60.5 Å². The number of rotatable bonds is 6. The Morgan fingerprint density at radius 2 is 1.88 bits per heavy atom. The maximum atomic E-state index is 14.1. The second-order valence-corrected chi connectivity index (χ2v) is 12.4. The Labute approximate surface area is 244 Å². The SMILES string of the molecule is CCOC(=O)O[C@]1(C(=O)COC(=O)c2ccc3c(c2)OCO3)CC[C@H]2[C@@H]3CCC4=CC(=O)C=C[C@]4(C)[C@H]3C(O)C[C@@]21C. The van der Waals surface area contributed by atoms with Crippen LogP contribution in [0, 0.1) is 28.6 Å². The number of hydrogen-bond acceptors (Lipinski definition) is 10. The molecule has 1 heterocycles. The molecule has 7 atom stereocenters. The number of fused-ring (bicyclic) bond motifs is 6. The molecule has 1 aliphatic heterocycles. The topological polar surface area (TPSA) is 135 Å². The minimum absolute atomic E-state index is 0.0235. The molecule has 224 valence electrons. The van der Waals surface area contributed by atoms with Crippen molar-refractivity contribution in [2.24, 2.45) is 28.6 Å². The second kappa shape index (κ2) is 10.3. The van der Waals surface area contributed by atoms with Crippen LogP contribution in [0.2, 0.25) is 0 Å². The zero-order chi connectivity index (χ0) is 29.9. The highest BCUT2D eigenvalue weighted by Crippen LogP contribution is 2.68. The predicted molar refractivity (Wildman–Crippen MR) is 147 cm³/mol. The molecular weight excluding hydrogens is 544 g/mol. The lowest BCUT2D eigenvalue weighted by molar-refractivity contribution is -0.183. The molecule has 0 radical (unpaired) electrons. The fourth-order valence-corrected chi connectivity index (χ4v) is 8.64. The summed E-state index contributed by atoms with van der Waals surface area (Å²) in [4.78, 5) is 51.9. The van der Waals surface area contributed by atoms with E-state index in [4.69, 9.17) is 23.7 Å². The highest BCUT2D eigenvalue weighted by molar-refractivity contribution is 6.01. The third kappa shape index (κ3) is 4.25. The fraction of sp³-hybridized carbons (Fsp3) is 0.562. The molecule has 0 spiro atoms. The molecule has 42 heavy (non-hydrogen) atoms. The van der Waals surface area contributed by atoms with E-state index in [2.05, 4.69) is 6.92 Å². The van der Waals surface area contributed by atoms with Crippen molar-refractivity contribution in [2.45, 2.75) is 64.6 Å². The van der Waals surface area contributed by atoms with Crippen LogP contribution in [0.15, 0.2) is 42.0 Å². The Balaban J connectivity index is 1.28. The minimum atomic E-state index is -1.65. The molecule has 3 fully saturated rings. The number of esters is 1. The first-order valence-electron chi connectivity index (χ1n) is 14.6. The number of carbonyl (C=O) groups is 4. The van der Waals surface area contributed by atoms with Gasteiger partial charge in [0.25, 0.3) is 0 Å². The molecule has 1 aromatic carbocycles. The highest BCUT2D eigenvalue weighted by atomic mass is 16.7. The summed E-state index contributed by atoms with van der Waals surface area (Å²) in [5, 5.41) is 11.7. The van der Waals surface area contributed by atoms with Gasteiger partial charge in [-0.25, -0.2) is 9.59 Å². The van der Waals surface area contributed by atoms with E-state index in [1.807, 2.05) is 13.0 Å². The molecule has 0 aromatic heterocycles.